The number of carbonyl (C=O) groups excluding carboxylic acids is 2. The van der Waals surface area contributed by atoms with Crippen LogP contribution in [0, 0.1) is 5.92 Å². The summed E-state index contributed by atoms with van der Waals surface area (Å²) in [5, 5.41) is 2.71. The van der Waals surface area contributed by atoms with Crippen molar-refractivity contribution in [3.63, 3.8) is 0 Å². The highest BCUT2D eigenvalue weighted by Crippen LogP contribution is 2.37. The van der Waals surface area contributed by atoms with Gasteiger partial charge in [-0.15, -0.1) is 0 Å². The van der Waals surface area contributed by atoms with E-state index in [4.69, 9.17) is 4.74 Å². The van der Waals surface area contributed by atoms with Crippen molar-refractivity contribution >= 4 is 33.3 Å². The summed E-state index contributed by atoms with van der Waals surface area (Å²) in [6.07, 6.45) is 2.91. The number of Topliss-reactive ketones (excluding diaryl/α,β-unsaturated/α-hetero) is 1. The monoisotopic (exact) mass is 309 g/mol. The number of amides is 1. The molecule has 18 heavy (non-hydrogen) atoms. The predicted molar refractivity (Wildman–Crippen MR) is 69.9 cm³/mol. The molecule has 1 aliphatic carbocycles. The highest BCUT2D eigenvalue weighted by Gasteiger charge is 2.27. The lowest BCUT2D eigenvalue weighted by Gasteiger charge is -2.19. The third-order valence-corrected chi connectivity index (χ3v) is 3.83. The maximum atomic E-state index is 12.1. The van der Waals surface area contributed by atoms with E-state index in [0.29, 0.717) is 33.8 Å². The molecule has 1 aliphatic heterocycles. The topological polar surface area (TPSA) is 55.4 Å². The molecular formula is C13H12BrNO3. The molecule has 1 N–H and O–H groups in total. The van der Waals surface area contributed by atoms with Crippen molar-refractivity contribution < 1.29 is 14.3 Å². The second-order valence-corrected chi connectivity index (χ2v) is 5.59. The van der Waals surface area contributed by atoms with Crippen LogP contribution in [0.4, 0.5) is 5.69 Å². The number of hydrogen-bond donors (Lipinski definition) is 1. The van der Waals surface area contributed by atoms with Crippen molar-refractivity contribution in [1.82, 2.24) is 0 Å². The van der Waals surface area contributed by atoms with Crippen LogP contribution >= 0.6 is 15.9 Å². The molecule has 1 amide bonds. The number of ketones is 1. The molecule has 2 aliphatic rings. The number of carbonyl (C=O) groups is 2. The van der Waals surface area contributed by atoms with Gasteiger partial charge in [0.2, 0.25) is 0 Å². The van der Waals surface area contributed by atoms with Crippen molar-refractivity contribution in [3.05, 3.63) is 22.2 Å². The van der Waals surface area contributed by atoms with Crippen molar-refractivity contribution in [1.29, 1.82) is 0 Å². The summed E-state index contributed by atoms with van der Waals surface area (Å²) in [6.45, 7) is 0.00485. The minimum absolute atomic E-state index is 0.00485. The first-order valence-electron chi connectivity index (χ1n) is 5.93. The quantitative estimate of drug-likeness (QED) is 0.874. The van der Waals surface area contributed by atoms with Crippen molar-refractivity contribution in [2.24, 2.45) is 5.92 Å². The molecule has 1 aromatic carbocycles. The Balaban J connectivity index is 1.90. The van der Waals surface area contributed by atoms with Gasteiger partial charge in [-0.25, -0.2) is 0 Å². The van der Waals surface area contributed by atoms with Gasteiger partial charge < -0.3 is 10.1 Å². The Morgan fingerprint density at radius 3 is 2.94 bits per heavy atom. The standard InChI is InChI=1S/C13H12BrNO3/c14-9-5-10-12(18-6-13(17)15-10)4-8(9)11(16)3-7-1-2-7/h4-5,7H,1-3,6H2,(H,15,17). The molecule has 1 aromatic rings. The van der Waals surface area contributed by atoms with E-state index in [0.717, 1.165) is 12.8 Å². The fraction of sp³-hybridized carbons (Fsp3) is 0.385. The van der Waals surface area contributed by atoms with Gasteiger partial charge in [-0.3, -0.25) is 9.59 Å². The zero-order chi connectivity index (χ0) is 12.7. The molecule has 0 aromatic heterocycles. The van der Waals surface area contributed by atoms with E-state index in [1.807, 2.05) is 0 Å². The third kappa shape index (κ3) is 2.27. The lowest BCUT2D eigenvalue weighted by Crippen LogP contribution is -2.25. The van der Waals surface area contributed by atoms with Gasteiger partial charge in [0.05, 0.1) is 5.69 Å². The van der Waals surface area contributed by atoms with Gasteiger partial charge in [0.25, 0.3) is 5.91 Å². The second kappa shape index (κ2) is 4.39. The first kappa shape index (κ1) is 11.7. The number of benzene rings is 1. The van der Waals surface area contributed by atoms with Crippen molar-refractivity contribution in [2.75, 3.05) is 11.9 Å². The lowest BCUT2D eigenvalue weighted by molar-refractivity contribution is -0.118. The van der Waals surface area contributed by atoms with E-state index in [1.165, 1.54) is 0 Å². The highest BCUT2D eigenvalue weighted by molar-refractivity contribution is 9.10. The molecule has 1 saturated carbocycles. The molecule has 0 atom stereocenters. The molecule has 4 nitrogen and oxygen atoms in total. The van der Waals surface area contributed by atoms with Crippen LogP contribution in [-0.4, -0.2) is 18.3 Å². The molecule has 0 unspecified atom stereocenters. The summed E-state index contributed by atoms with van der Waals surface area (Å²) < 4.78 is 6.02. The van der Waals surface area contributed by atoms with Crippen LogP contribution < -0.4 is 10.1 Å². The van der Waals surface area contributed by atoms with E-state index in [-0.39, 0.29) is 18.3 Å². The van der Waals surface area contributed by atoms with Crippen LogP contribution in [0.3, 0.4) is 0 Å². The number of rotatable bonds is 3. The first-order chi connectivity index (χ1) is 8.63. The van der Waals surface area contributed by atoms with Crippen LogP contribution in [0.5, 0.6) is 5.75 Å². The smallest absolute Gasteiger partial charge is 0.262 e. The molecule has 3 rings (SSSR count). The van der Waals surface area contributed by atoms with Crippen molar-refractivity contribution in [3.8, 4) is 5.75 Å². The van der Waals surface area contributed by atoms with Gasteiger partial charge in [0.15, 0.2) is 12.4 Å². The van der Waals surface area contributed by atoms with Crippen LogP contribution in [0.15, 0.2) is 16.6 Å². The number of anilines is 1. The average Bonchev–Trinajstić information content (AvgIpc) is 3.11. The van der Waals surface area contributed by atoms with Gasteiger partial charge >= 0.3 is 0 Å². The van der Waals surface area contributed by atoms with Gasteiger partial charge in [0.1, 0.15) is 5.75 Å². The fourth-order valence-corrected chi connectivity index (χ4v) is 2.57. The van der Waals surface area contributed by atoms with Crippen LogP contribution in [0.25, 0.3) is 0 Å². The summed E-state index contributed by atoms with van der Waals surface area (Å²) in [7, 11) is 0. The van der Waals surface area contributed by atoms with E-state index in [9.17, 15) is 9.59 Å². The van der Waals surface area contributed by atoms with E-state index >= 15 is 0 Å². The SMILES string of the molecule is O=C1COc2cc(C(=O)CC3CC3)c(Br)cc2N1. The summed E-state index contributed by atoms with van der Waals surface area (Å²) in [6, 6.07) is 3.44. The minimum atomic E-state index is -0.175. The van der Waals surface area contributed by atoms with Gasteiger partial charge in [-0.1, -0.05) is 0 Å². The van der Waals surface area contributed by atoms with Crippen LogP contribution in [-0.2, 0) is 4.79 Å². The lowest BCUT2D eigenvalue weighted by atomic mass is 10.0. The van der Waals surface area contributed by atoms with Crippen LogP contribution in [0.2, 0.25) is 0 Å². The maximum Gasteiger partial charge on any atom is 0.262 e. The van der Waals surface area contributed by atoms with E-state index < -0.39 is 0 Å². The van der Waals surface area contributed by atoms with Crippen LogP contribution in [0.1, 0.15) is 29.6 Å². The summed E-state index contributed by atoms with van der Waals surface area (Å²) in [5.41, 5.74) is 1.25. The molecule has 0 saturated heterocycles. The van der Waals surface area contributed by atoms with Crippen molar-refractivity contribution in [2.45, 2.75) is 19.3 Å². The Kier molecular flexibility index (Phi) is 2.86. The number of halogens is 1. The van der Waals surface area contributed by atoms with Gasteiger partial charge in [-0.05, 0) is 46.8 Å². The Bertz CT molecular complexity index is 537. The maximum absolute atomic E-state index is 12.1. The molecule has 0 spiro atoms. The Morgan fingerprint density at radius 2 is 2.22 bits per heavy atom. The largest absolute Gasteiger partial charge is 0.482 e. The van der Waals surface area contributed by atoms with Gasteiger partial charge in [0, 0.05) is 16.5 Å². The molecular weight excluding hydrogens is 298 g/mol. The zero-order valence-electron chi connectivity index (χ0n) is 9.66. The molecule has 0 radical (unpaired) electrons. The molecule has 1 fully saturated rings. The van der Waals surface area contributed by atoms with E-state index in [1.54, 1.807) is 12.1 Å². The molecule has 5 heteroatoms. The molecule has 1 heterocycles. The average molecular weight is 310 g/mol. The number of fused-ring (bicyclic) bond motifs is 1. The number of hydrogen-bond acceptors (Lipinski definition) is 3. The van der Waals surface area contributed by atoms with E-state index in [2.05, 4.69) is 21.2 Å². The first-order valence-corrected chi connectivity index (χ1v) is 6.72. The summed E-state index contributed by atoms with van der Waals surface area (Å²) in [4.78, 5) is 23.3. The predicted octanol–water partition coefficient (Wildman–Crippen LogP) is 2.76. The normalized spacial score (nSPS) is 17.7. The zero-order valence-corrected chi connectivity index (χ0v) is 11.2. The third-order valence-electron chi connectivity index (χ3n) is 3.17. The molecule has 0 bridgehead atoms. The second-order valence-electron chi connectivity index (χ2n) is 4.74. The summed E-state index contributed by atoms with van der Waals surface area (Å²) in [5.74, 6) is 1.08. The Morgan fingerprint density at radius 1 is 1.44 bits per heavy atom. The number of ether oxygens (including phenoxy) is 1. The number of nitrogens with one attached hydrogen (secondary N) is 1. The minimum Gasteiger partial charge on any atom is -0.482 e. The summed E-state index contributed by atoms with van der Waals surface area (Å²) >= 11 is 3.38. The Labute approximate surface area is 113 Å². The fourth-order valence-electron chi connectivity index (χ4n) is 2.01. The highest BCUT2D eigenvalue weighted by atomic mass is 79.9. The van der Waals surface area contributed by atoms with Gasteiger partial charge in [-0.2, -0.15) is 0 Å². The molecule has 94 valence electrons. The Hall–Kier alpha value is -1.36.